The Hall–Kier alpha value is -1.13. The summed E-state index contributed by atoms with van der Waals surface area (Å²) in [6.45, 7) is 2.45. The highest BCUT2D eigenvalue weighted by Gasteiger charge is 2.17. The van der Waals surface area contributed by atoms with Gasteiger partial charge in [-0.2, -0.15) is 0 Å². The van der Waals surface area contributed by atoms with Crippen LogP contribution in [0.5, 0.6) is 0 Å². The monoisotopic (exact) mass is 238 g/mol. The largest absolute Gasteiger partial charge is 0.399 e. The number of hydrogen-bond donors (Lipinski definition) is 1. The molecule has 94 valence electrons. The Bertz CT molecular complexity index is 357. The Kier molecular flexibility index (Phi) is 3.97. The molecule has 1 heterocycles. The van der Waals surface area contributed by atoms with E-state index in [1.807, 2.05) is 13.1 Å². The van der Waals surface area contributed by atoms with Gasteiger partial charge < -0.3 is 10.5 Å². The standard InChI is InChI=1S/C13H19FN2O/c1-16(9-13-3-2-4-17-13)8-10-5-11(14)7-12(15)6-10/h5-7,13H,2-4,8-9,15H2,1H3. The molecule has 0 spiro atoms. The fourth-order valence-electron chi connectivity index (χ4n) is 2.28. The van der Waals surface area contributed by atoms with Crippen LogP contribution in [0.1, 0.15) is 18.4 Å². The maximum absolute atomic E-state index is 13.2. The van der Waals surface area contributed by atoms with Crippen molar-refractivity contribution in [2.24, 2.45) is 0 Å². The SMILES string of the molecule is CN(Cc1cc(N)cc(F)c1)CC1CCCO1. The van der Waals surface area contributed by atoms with Gasteiger partial charge in [-0.15, -0.1) is 0 Å². The molecule has 2 rings (SSSR count). The van der Waals surface area contributed by atoms with Crippen molar-refractivity contribution in [3.05, 3.63) is 29.6 Å². The number of rotatable bonds is 4. The molecule has 1 aliphatic rings. The average Bonchev–Trinajstić information content (AvgIpc) is 2.67. The third kappa shape index (κ3) is 3.68. The van der Waals surface area contributed by atoms with Gasteiger partial charge in [0.15, 0.2) is 0 Å². The van der Waals surface area contributed by atoms with Crippen molar-refractivity contribution in [3.63, 3.8) is 0 Å². The summed E-state index contributed by atoms with van der Waals surface area (Å²) in [4.78, 5) is 2.14. The summed E-state index contributed by atoms with van der Waals surface area (Å²) in [5.74, 6) is -0.273. The second-order valence-corrected chi connectivity index (χ2v) is 4.72. The molecular formula is C13H19FN2O. The smallest absolute Gasteiger partial charge is 0.125 e. The first-order valence-electron chi connectivity index (χ1n) is 5.98. The van der Waals surface area contributed by atoms with Crippen LogP contribution in [0.15, 0.2) is 18.2 Å². The lowest BCUT2D eigenvalue weighted by molar-refractivity contribution is 0.0793. The third-order valence-corrected chi connectivity index (χ3v) is 2.97. The van der Waals surface area contributed by atoms with Crippen LogP contribution < -0.4 is 5.73 Å². The molecule has 1 saturated heterocycles. The summed E-state index contributed by atoms with van der Waals surface area (Å²) in [6, 6.07) is 4.68. The van der Waals surface area contributed by atoms with E-state index >= 15 is 0 Å². The Morgan fingerprint density at radius 2 is 2.29 bits per heavy atom. The van der Waals surface area contributed by atoms with E-state index in [-0.39, 0.29) is 5.82 Å². The maximum atomic E-state index is 13.2. The first-order valence-corrected chi connectivity index (χ1v) is 5.98. The van der Waals surface area contributed by atoms with Crippen LogP contribution in [0.2, 0.25) is 0 Å². The molecule has 1 aromatic carbocycles. The number of nitrogen functional groups attached to an aromatic ring is 1. The molecule has 4 heteroatoms. The maximum Gasteiger partial charge on any atom is 0.125 e. The predicted molar refractivity (Wildman–Crippen MR) is 66.1 cm³/mol. The first-order chi connectivity index (χ1) is 8.13. The van der Waals surface area contributed by atoms with E-state index in [2.05, 4.69) is 4.90 Å². The van der Waals surface area contributed by atoms with E-state index in [9.17, 15) is 4.39 Å². The molecule has 3 nitrogen and oxygen atoms in total. The van der Waals surface area contributed by atoms with Gasteiger partial charge in [0, 0.05) is 25.4 Å². The molecule has 0 bridgehead atoms. The minimum atomic E-state index is -0.273. The van der Waals surface area contributed by atoms with Crippen LogP contribution in [-0.2, 0) is 11.3 Å². The number of nitrogens with zero attached hydrogens (tertiary/aromatic N) is 1. The normalized spacial score (nSPS) is 20.1. The minimum Gasteiger partial charge on any atom is -0.399 e. The summed E-state index contributed by atoms with van der Waals surface area (Å²) in [6.07, 6.45) is 2.59. The molecule has 1 aliphatic heterocycles. The van der Waals surface area contributed by atoms with Gasteiger partial charge in [-0.05, 0) is 43.7 Å². The van der Waals surface area contributed by atoms with Crippen LogP contribution >= 0.6 is 0 Å². The molecule has 0 saturated carbocycles. The van der Waals surface area contributed by atoms with Crippen LogP contribution in [0.25, 0.3) is 0 Å². The Labute approximate surface area is 101 Å². The van der Waals surface area contributed by atoms with Crippen molar-refractivity contribution < 1.29 is 9.13 Å². The van der Waals surface area contributed by atoms with E-state index < -0.39 is 0 Å². The number of anilines is 1. The van der Waals surface area contributed by atoms with Crippen molar-refractivity contribution in [2.45, 2.75) is 25.5 Å². The predicted octanol–water partition coefficient (Wildman–Crippen LogP) is 2.02. The minimum absolute atomic E-state index is 0.273. The second kappa shape index (κ2) is 5.47. The van der Waals surface area contributed by atoms with Gasteiger partial charge in [0.25, 0.3) is 0 Å². The van der Waals surface area contributed by atoms with E-state index in [4.69, 9.17) is 10.5 Å². The van der Waals surface area contributed by atoms with Crippen LogP contribution in [-0.4, -0.2) is 31.2 Å². The van der Waals surface area contributed by atoms with Gasteiger partial charge in [0.2, 0.25) is 0 Å². The van der Waals surface area contributed by atoms with Gasteiger partial charge in [0.1, 0.15) is 5.82 Å². The van der Waals surface area contributed by atoms with Crippen molar-refractivity contribution in [1.82, 2.24) is 4.90 Å². The fourth-order valence-corrected chi connectivity index (χ4v) is 2.28. The topological polar surface area (TPSA) is 38.5 Å². The summed E-state index contributed by atoms with van der Waals surface area (Å²) >= 11 is 0. The van der Waals surface area contributed by atoms with Crippen molar-refractivity contribution >= 4 is 5.69 Å². The molecule has 0 aliphatic carbocycles. The Morgan fingerprint density at radius 3 is 2.94 bits per heavy atom. The highest BCUT2D eigenvalue weighted by atomic mass is 19.1. The molecule has 0 amide bonds. The van der Waals surface area contributed by atoms with Gasteiger partial charge in [-0.1, -0.05) is 0 Å². The zero-order chi connectivity index (χ0) is 12.3. The lowest BCUT2D eigenvalue weighted by Crippen LogP contribution is -2.28. The van der Waals surface area contributed by atoms with E-state index in [0.29, 0.717) is 18.3 Å². The van der Waals surface area contributed by atoms with Gasteiger partial charge >= 0.3 is 0 Å². The molecule has 1 fully saturated rings. The van der Waals surface area contributed by atoms with Crippen LogP contribution in [0.4, 0.5) is 10.1 Å². The Balaban J connectivity index is 1.90. The summed E-state index contributed by atoms with van der Waals surface area (Å²) < 4.78 is 18.7. The fraction of sp³-hybridized carbons (Fsp3) is 0.538. The number of hydrogen-bond acceptors (Lipinski definition) is 3. The molecule has 1 unspecified atom stereocenters. The molecule has 0 aromatic heterocycles. The van der Waals surface area contributed by atoms with Crippen molar-refractivity contribution in [1.29, 1.82) is 0 Å². The molecule has 17 heavy (non-hydrogen) atoms. The molecule has 0 radical (unpaired) electrons. The summed E-state index contributed by atoms with van der Waals surface area (Å²) in [5.41, 5.74) is 7.00. The third-order valence-electron chi connectivity index (χ3n) is 2.97. The summed E-state index contributed by atoms with van der Waals surface area (Å²) in [7, 11) is 2.02. The van der Waals surface area contributed by atoms with E-state index in [0.717, 1.165) is 31.6 Å². The van der Waals surface area contributed by atoms with Crippen LogP contribution in [0, 0.1) is 5.82 Å². The average molecular weight is 238 g/mol. The zero-order valence-corrected chi connectivity index (χ0v) is 10.2. The Morgan fingerprint density at radius 1 is 1.47 bits per heavy atom. The second-order valence-electron chi connectivity index (χ2n) is 4.72. The lowest BCUT2D eigenvalue weighted by atomic mass is 10.1. The van der Waals surface area contributed by atoms with E-state index in [1.54, 1.807) is 0 Å². The number of benzene rings is 1. The number of halogens is 1. The highest BCUT2D eigenvalue weighted by molar-refractivity contribution is 5.41. The highest BCUT2D eigenvalue weighted by Crippen LogP contribution is 2.16. The lowest BCUT2D eigenvalue weighted by Gasteiger charge is -2.20. The number of nitrogens with two attached hydrogens (primary N) is 1. The molecule has 2 N–H and O–H groups in total. The molecular weight excluding hydrogens is 219 g/mol. The van der Waals surface area contributed by atoms with Gasteiger partial charge in [-0.3, -0.25) is 4.90 Å². The number of likely N-dealkylation sites (N-methyl/N-ethyl adjacent to an activating group) is 1. The summed E-state index contributed by atoms with van der Waals surface area (Å²) in [5, 5.41) is 0. The quantitative estimate of drug-likeness (QED) is 0.816. The van der Waals surface area contributed by atoms with Gasteiger partial charge in [0.05, 0.1) is 6.10 Å². The van der Waals surface area contributed by atoms with E-state index in [1.165, 1.54) is 12.1 Å². The van der Waals surface area contributed by atoms with Gasteiger partial charge in [-0.25, -0.2) is 4.39 Å². The van der Waals surface area contributed by atoms with Crippen LogP contribution in [0.3, 0.4) is 0 Å². The zero-order valence-electron chi connectivity index (χ0n) is 10.2. The molecule has 1 aromatic rings. The molecule has 1 atom stereocenters. The van der Waals surface area contributed by atoms with Crippen molar-refractivity contribution in [3.8, 4) is 0 Å². The first kappa shape index (κ1) is 12.3. The number of ether oxygens (including phenoxy) is 1. The van der Waals surface area contributed by atoms with Crippen molar-refractivity contribution in [2.75, 3.05) is 25.9 Å².